The van der Waals surface area contributed by atoms with Crippen LogP contribution in [0, 0.1) is 0 Å². The molecule has 2 aromatic heterocycles. The van der Waals surface area contributed by atoms with Crippen molar-refractivity contribution in [3.05, 3.63) is 194 Å². The predicted octanol–water partition coefficient (Wildman–Crippen LogP) is 13.3. The number of nitrogens with zero attached hydrogens (tertiary/aromatic N) is 2. The van der Waals surface area contributed by atoms with Crippen molar-refractivity contribution >= 4 is 60.8 Å². The van der Waals surface area contributed by atoms with Gasteiger partial charge in [0, 0.05) is 39.0 Å². The van der Waals surface area contributed by atoms with Crippen LogP contribution in [-0.2, 0) is 0 Å². The summed E-state index contributed by atoms with van der Waals surface area (Å²) >= 11 is 0. The van der Waals surface area contributed by atoms with Gasteiger partial charge in [0.2, 0.25) is 0 Å². The van der Waals surface area contributed by atoms with Gasteiger partial charge in [-0.1, -0.05) is 127 Å². The first-order valence-corrected chi connectivity index (χ1v) is 18.1. The van der Waals surface area contributed by atoms with E-state index in [-0.39, 0.29) is 6.17 Å². The van der Waals surface area contributed by atoms with Gasteiger partial charge in [0.1, 0.15) is 17.3 Å². The zero-order valence-corrected chi connectivity index (χ0v) is 28.8. The minimum Gasteiger partial charge on any atom is -0.456 e. The van der Waals surface area contributed by atoms with Crippen molar-refractivity contribution in [3.8, 4) is 27.9 Å². The van der Waals surface area contributed by atoms with Crippen LogP contribution in [-0.4, -0.2) is 4.57 Å². The number of benzene rings is 8. The van der Waals surface area contributed by atoms with Crippen molar-refractivity contribution in [1.29, 1.82) is 0 Å². The fourth-order valence-corrected chi connectivity index (χ4v) is 8.37. The van der Waals surface area contributed by atoms with Gasteiger partial charge >= 0.3 is 0 Å². The summed E-state index contributed by atoms with van der Waals surface area (Å²) in [5, 5.41) is 8.45. The van der Waals surface area contributed by atoms with Crippen molar-refractivity contribution in [2.75, 3.05) is 10.2 Å². The molecule has 53 heavy (non-hydrogen) atoms. The van der Waals surface area contributed by atoms with E-state index in [1.165, 1.54) is 44.2 Å². The van der Waals surface area contributed by atoms with Crippen LogP contribution in [0.4, 0.5) is 17.1 Å². The molecule has 0 fully saturated rings. The molecule has 4 nitrogen and oxygen atoms in total. The second kappa shape index (κ2) is 11.8. The van der Waals surface area contributed by atoms with Gasteiger partial charge in [0.05, 0.1) is 22.4 Å². The average Bonchev–Trinajstić information content (AvgIpc) is 3.91. The summed E-state index contributed by atoms with van der Waals surface area (Å²) in [7, 11) is 0. The van der Waals surface area contributed by atoms with Crippen LogP contribution in [0.15, 0.2) is 192 Å². The van der Waals surface area contributed by atoms with Crippen molar-refractivity contribution < 1.29 is 4.42 Å². The monoisotopic (exact) mass is 679 g/mol. The topological polar surface area (TPSA) is 33.3 Å². The van der Waals surface area contributed by atoms with Crippen LogP contribution in [0.25, 0.3) is 71.7 Å². The van der Waals surface area contributed by atoms with Crippen LogP contribution in [0.1, 0.15) is 11.7 Å². The first kappa shape index (κ1) is 29.7. The van der Waals surface area contributed by atoms with Crippen LogP contribution in [0.3, 0.4) is 0 Å². The number of para-hydroxylation sites is 3. The van der Waals surface area contributed by atoms with Gasteiger partial charge in [-0.2, -0.15) is 0 Å². The van der Waals surface area contributed by atoms with Crippen LogP contribution in [0.5, 0.6) is 0 Å². The van der Waals surface area contributed by atoms with Gasteiger partial charge in [-0.15, -0.1) is 0 Å². The molecule has 8 aromatic carbocycles. The number of nitrogens with one attached hydrogen (secondary N) is 1. The highest BCUT2D eigenvalue weighted by atomic mass is 16.3. The Kier molecular flexibility index (Phi) is 6.58. The van der Waals surface area contributed by atoms with E-state index >= 15 is 0 Å². The van der Waals surface area contributed by atoms with E-state index in [1.807, 2.05) is 0 Å². The summed E-state index contributed by atoms with van der Waals surface area (Å²) in [6.07, 6.45) is 0.00867. The number of aromatic nitrogens is 1. The molecule has 0 amide bonds. The van der Waals surface area contributed by atoms with Gasteiger partial charge in [-0.05, 0) is 82.4 Å². The van der Waals surface area contributed by atoms with Crippen LogP contribution >= 0.6 is 0 Å². The van der Waals surface area contributed by atoms with Crippen molar-refractivity contribution in [3.63, 3.8) is 0 Å². The maximum absolute atomic E-state index is 6.65. The molecule has 1 atom stereocenters. The highest BCUT2D eigenvalue weighted by Crippen LogP contribution is 2.47. The summed E-state index contributed by atoms with van der Waals surface area (Å²) in [6, 6.07) is 67.2. The first-order valence-electron chi connectivity index (χ1n) is 18.1. The Morgan fingerprint density at radius 3 is 2.02 bits per heavy atom. The summed E-state index contributed by atoms with van der Waals surface area (Å²) < 4.78 is 9.02. The molecule has 3 heterocycles. The lowest BCUT2D eigenvalue weighted by molar-refractivity contribution is 0.668. The number of rotatable bonds is 5. The third-order valence-corrected chi connectivity index (χ3v) is 10.8. The quantitative estimate of drug-likeness (QED) is 0.197. The smallest absolute Gasteiger partial charge is 0.137 e. The molecule has 0 bridgehead atoms. The van der Waals surface area contributed by atoms with E-state index in [4.69, 9.17) is 4.42 Å². The van der Waals surface area contributed by atoms with E-state index in [0.717, 1.165) is 50.1 Å². The molecule has 0 saturated heterocycles. The number of fused-ring (bicyclic) bond motifs is 7. The highest BCUT2D eigenvalue weighted by molar-refractivity contribution is 6.14. The molecule has 0 aliphatic carbocycles. The van der Waals surface area contributed by atoms with E-state index in [9.17, 15) is 0 Å². The molecule has 0 saturated carbocycles. The SMILES string of the molecule is c1ccc(-c2ccc3c4ccccc4n(-c4ccc5c(c4)oc4cccc(-c6ccc(N7c8ccccc8NC7c7ccccc7)cc6)c45)c3c2)cc1. The van der Waals surface area contributed by atoms with E-state index in [2.05, 4.69) is 203 Å². The first-order chi connectivity index (χ1) is 26.3. The Morgan fingerprint density at radius 2 is 1.15 bits per heavy atom. The molecule has 0 spiro atoms. The third kappa shape index (κ3) is 4.69. The Morgan fingerprint density at radius 1 is 0.453 bits per heavy atom. The van der Waals surface area contributed by atoms with Gasteiger partial charge < -0.3 is 19.2 Å². The molecule has 1 N–H and O–H groups in total. The summed E-state index contributed by atoms with van der Waals surface area (Å²) in [4.78, 5) is 2.39. The molecular weight excluding hydrogens is 647 g/mol. The maximum Gasteiger partial charge on any atom is 0.137 e. The van der Waals surface area contributed by atoms with Gasteiger partial charge in [0.15, 0.2) is 0 Å². The molecule has 11 rings (SSSR count). The molecule has 10 aromatic rings. The van der Waals surface area contributed by atoms with E-state index in [0.29, 0.717) is 0 Å². The van der Waals surface area contributed by atoms with Crippen molar-refractivity contribution in [2.24, 2.45) is 0 Å². The van der Waals surface area contributed by atoms with Crippen LogP contribution < -0.4 is 10.2 Å². The second-order valence-electron chi connectivity index (χ2n) is 13.8. The largest absolute Gasteiger partial charge is 0.456 e. The molecule has 0 radical (unpaired) electrons. The number of hydrogen-bond donors (Lipinski definition) is 1. The predicted molar refractivity (Wildman–Crippen MR) is 220 cm³/mol. The van der Waals surface area contributed by atoms with Crippen molar-refractivity contribution in [2.45, 2.75) is 6.17 Å². The lowest BCUT2D eigenvalue weighted by atomic mass is 9.99. The fourth-order valence-electron chi connectivity index (χ4n) is 8.37. The van der Waals surface area contributed by atoms with Gasteiger partial charge in [0.25, 0.3) is 0 Å². The van der Waals surface area contributed by atoms with Gasteiger partial charge in [-0.25, -0.2) is 0 Å². The van der Waals surface area contributed by atoms with E-state index < -0.39 is 0 Å². The summed E-state index contributed by atoms with van der Waals surface area (Å²) in [6.45, 7) is 0. The Hall–Kier alpha value is -7.04. The highest BCUT2D eigenvalue weighted by Gasteiger charge is 2.31. The second-order valence-corrected chi connectivity index (χ2v) is 13.8. The maximum atomic E-state index is 6.65. The molecular formula is C49H33N3O. The minimum absolute atomic E-state index is 0.00867. The lowest BCUT2D eigenvalue weighted by Crippen LogP contribution is -2.23. The standard InChI is InChI=1S/C49H33N3O/c1-3-12-32(13-4-1)35-24-28-40-39-16-7-9-19-43(39)51(45(40)30-35)37-27-29-41-47(31-37)53-46-21-11-17-38(48(41)46)33-22-25-36(26-23-33)52-44-20-10-8-18-42(44)50-49(52)34-14-5-2-6-15-34/h1-31,49-50H. The third-order valence-electron chi connectivity index (χ3n) is 10.8. The molecule has 1 aliphatic heterocycles. The average molecular weight is 680 g/mol. The zero-order valence-electron chi connectivity index (χ0n) is 28.8. The number of hydrogen-bond acceptors (Lipinski definition) is 3. The summed E-state index contributed by atoms with van der Waals surface area (Å²) in [5.74, 6) is 0. The van der Waals surface area contributed by atoms with Crippen LogP contribution in [0.2, 0.25) is 0 Å². The number of furan rings is 1. The van der Waals surface area contributed by atoms with Gasteiger partial charge in [-0.3, -0.25) is 0 Å². The minimum atomic E-state index is 0.00867. The normalized spacial score (nSPS) is 14.0. The Balaban J connectivity index is 1.01. The zero-order chi connectivity index (χ0) is 34.9. The fraction of sp³-hybridized carbons (Fsp3) is 0.0204. The lowest BCUT2D eigenvalue weighted by Gasteiger charge is -2.27. The Bertz CT molecular complexity index is 2980. The number of anilines is 3. The Labute approximate surface area is 306 Å². The molecule has 1 unspecified atom stereocenters. The molecule has 250 valence electrons. The van der Waals surface area contributed by atoms with Crippen molar-refractivity contribution in [1.82, 2.24) is 4.57 Å². The van der Waals surface area contributed by atoms with E-state index in [1.54, 1.807) is 0 Å². The summed E-state index contributed by atoms with van der Waals surface area (Å²) in [5.41, 5.74) is 14.6. The molecule has 4 heteroatoms. The molecule has 1 aliphatic rings.